The van der Waals surface area contributed by atoms with Gasteiger partial charge in [-0.3, -0.25) is 0 Å². The lowest BCUT2D eigenvalue weighted by Crippen LogP contribution is -2.35. The Morgan fingerprint density at radius 3 is 2.60 bits per heavy atom. The Morgan fingerprint density at radius 1 is 1.40 bits per heavy atom. The van der Waals surface area contributed by atoms with Gasteiger partial charge in [-0.15, -0.1) is 0 Å². The minimum absolute atomic E-state index is 0.0984. The average molecular weight is 227 g/mol. The van der Waals surface area contributed by atoms with Crippen LogP contribution < -0.4 is 0 Å². The van der Waals surface area contributed by atoms with Crippen LogP contribution in [0.2, 0.25) is 5.02 Å². The minimum Gasteiger partial charge on any atom is -0.383 e. The molecule has 1 fully saturated rings. The van der Waals surface area contributed by atoms with Crippen molar-refractivity contribution in [1.82, 2.24) is 0 Å². The molecule has 2 rings (SSSR count). The molecule has 1 saturated heterocycles. The predicted molar refractivity (Wildman–Crippen MR) is 60.0 cm³/mol. The number of ether oxygens (including phenoxy) is 1. The zero-order chi connectivity index (χ0) is 10.9. The van der Waals surface area contributed by atoms with Crippen LogP contribution in [0.3, 0.4) is 0 Å². The topological polar surface area (TPSA) is 29.5 Å². The summed E-state index contributed by atoms with van der Waals surface area (Å²) in [4.78, 5) is 0. The van der Waals surface area contributed by atoms with Crippen molar-refractivity contribution in [3.63, 3.8) is 0 Å². The molecule has 1 unspecified atom stereocenters. The molecule has 1 aliphatic heterocycles. The zero-order valence-corrected chi connectivity index (χ0v) is 9.50. The lowest BCUT2D eigenvalue weighted by atomic mass is 9.89. The summed E-state index contributed by atoms with van der Waals surface area (Å²) in [5.41, 5.74) is -0.0556. The van der Waals surface area contributed by atoms with E-state index >= 15 is 0 Å². The first kappa shape index (κ1) is 10.9. The summed E-state index contributed by atoms with van der Waals surface area (Å²) in [5.74, 6) is 0. The third-order valence-electron chi connectivity index (χ3n) is 2.99. The Kier molecular flexibility index (Phi) is 3.01. The van der Waals surface area contributed by atoms with Gasteiger partial charge in [0.1, 0.15) is 5.60 Å². The Labute approximate surface area is 94.8 Å². The summed E-state index contributed by atoms with van der Waals surface area (Å²) < 4.78 is 5.52. The Bertz CT molecular complexity index is 326. The van der Waals surface area contributed by atoms with Gasteiger partial charge in [-0.1, -0.05) is 23.7 Å². The van der Waals surface area contributed by atoms with E-state index in [-0.39, 0.29) is 6.10 Å². The highest BCUT2D eigenvalue weighted by Gasteiger charge is 2.36. The number of hydrogen-bond acceptors (Lipinski definition) is 2. The van der Waals surface area contributed by atoms with Crippen LogP contribution in [-0.4, -0.2) is 17.8 Å². The maximum Gasteiger partial charge on any atom is 0.113 e. The fourth-order valence-electron chi connectivity index (χ4n) is 1.99. The molecule has 1 N–H and O–H groups in total. The monoisotopic (exact) mass is 226 g/mol. The standard InChI is InChI=1S/C12H15ClO2/c1-12(14,11-3-2-8-15-11)9-4-6-10(13)7-5-9/h4-7,11,14H,2-3,8H2,1H3/t11?,12-/m0/s1. The van der Waals surface area contributed by atoms with Crippen LogP contribution in [0.1, 0.15) is 25.3 Å². The van der Waals surface area contributed by atoms with Gasteiger partial charge in [-0.2, -0.15) is 0 Å². The highest BCUT2D eigenvalue weighted by molar-refractivity contribution is 6.30. The second kappa shape index (κ2) is 4.12. The fraction of sp³-hybridized carbons (Fsp3) is 0.500. The molecule has 82 valence electrons. The molecule has 0 bridgehead atoms. The fourth-order valence-corrected chi connectivity index (χ4v) is 2.12. The molecule has 0 radical (unpaired) electrons. The van der Waals surface area contributed by atoms with Gasteiger partial charge in [-0.25, -0.2) is 0 Å². The van der Waals surface area contributed by atoms with Gasteiger partial charge in [0.2, 0.25) is 0 Å². The van der Waals surface area contributed by atoms with E-state index in [1.54, 1.807) is 19.1 Å². The number of halogens is 1. The van der Waals surface area contributed by atoms with Crippen LogP contribution in [-0.2, 0) is 10.3 Å². The van der Waals surface area contributed by atoms with Gasteiger partial charge < -0.3 is 9.84 Å². The van der Waals surface area contributed by atoms with Crippen LogP contribution in [0.25, 0.3) is 0 Å². The molecule has 1 aromatic carbocycles. The second-order valence-corrected chi connectivity index (χ2v) is 4.59. The third-order valence-corrected chi connectivity index (χ3v) is 3.24. The molecule has 1 heterocycles. The first-order chi connectivity index (χ1) is 7.10. The summed E-state index contributed by atoms with van der Waals surface area (Å²) >= 11 is 5.81. The molecule has 2 nitrogen and oxygen atoms in total. The maximum absolute atomic E-state index is 10.4. The lowest BCUT2D eigenvalue weighted by molar-refractivity contribution is -0.0774. The van der Waals surface area contributed by atoms with Gasteiger partial charge in [0.05, 0.1) is 6.10 Å². The molecule has 2 atom stereocenters. The molecule has 0 spiro atoms. The Hall–Kier alpha value is -0.570. The largest absolute Gasteiger partial charge is 0.383 e. The molecule has 3 heteroatoms. The van der Waals surface area contributed by atoms with E-state index in [0.29, 0.717) is 5.02 Å². The SMILES string of the molecule is C[C@](O)(c1ccc(Cl)cc1)C1CCCO1. The van der Waals surface area contributed by atoms with Crippen molar-refractivity contribution in [3.05, 3.63) is 34.9 Å². The number of aliphatic hydroxyl groups is 1. The van der Waals surface area contributed by atoms with Crippen LogP contribution >= 0.6 is 11.6 Å². The van der Waals surface area contributed by atoms with Gasteiger partial charge in [0.15, 0.2) is 0 Å². The minimum atomic E-state index is -0.916. The average Bonchev–Trinajstić information content (AvgIpc) is 2.71. The summed E-state index contributed by atoms with van der Waals surface area (Å²) in [6.45, 7) is 2.54. The number of rotatable bonds is 2. The summed E-state index contributed by atoms with van der Waals surface area (Å²) in [6, 6.07) is 7.29. The van der Waals surface area contributed by atoms with Gasteiger partial charge >= 0.3 is 0 Å². The van der Waals surface area contributed by atoms with E-state index in [2.05, 4.69) is 0 Å². The van der Waals surface area contributed by atoms with E-state index in [0.717, 1.165) is 25.0 Å². The third kappa shape index (κ3) is 2.17. The lowest BCUT2D eigenvalue weighted by Gasteiger charge is -2.29. The highest BCUT2D eigenvalue weighted by Crippen LogP contribution is 2.32. The van der Waals surface area contributed by atoms with Crippen molar-refractivity contribution in [2.75, 3.05) is 6.61 Å². The first-order valence-corrected chi connectivity index (χ1v) is 5.58. The van der Waals surface area contributed by atoms with Crippen molar-refractivity contribution >= 4 is 11.6 Å². The van der Waals surface area contributed by atoms with Crippen LogP contribution in [0.4, 0.5) is 0 Å². The van der Waals surface area contributed by atoms with Crippen LogP contribution in [0, 0.1) is 0 Å². The van der Waals surface area contributed by atoms with Gasteiger partial charge in [0, 0.05) is 11.6 Å². The van der Waals surface area contributed by atoms with Gasteiger partial charge in [0.25, 0.3) is 0 Å². The summed E-state index contributed by atoms with van der Waals surface area (Å²) in [7, 11) is 0. The number of hydrogen-bond donors (Lipinski definition) is 1. The second-order valence-electron chi connectivity index (χ2n) is 4.16. The Balaban J connectivity index is 2.23. The highest BCUT2D eigenvalue weighted by atomic mass is 35.5. The molecule has 1 aromatic rings. The van der Waals surface area contributed by atoms with Crippen molar-refractivity contribution < 1.29 is 9.84 Å². The first-order valence-electron chi connectivity index (χ1n) is 5.21. The van der Waals surface area contributed by atoms with Crippen LogP contribution in [0.15, 0.2) is 24.3 Å². The van der Waals surface area contributed by atoms with Crippen LogP contribution in [0.5, 0.6) is 0 Å². The number of benzene rings is 1. The quantitative estimate of drug-likeness (QED) is 0.840. The molecule has 0 aliphatic carbocycles. The molecular formula is C12H15ClO2. The molecular weight excluding hydrogens is 212 g/mol. The summed E-state index contributed by atoms with van der Waals surface area (Å²) in [6.07, 6.45) is 1.84. The van der Waals surface area contributed by atoms with E-state index in [1.807, 2.05) is 12.1 Å². The Morgan fingerprint density at radius 2 is 2.07 bits per heavy atom. The molecule has 0 saturated carbocycles. The molecule has 1 aliphatic rings. The molecule has 0 aromatic heterocycles. The molecule has 0 amide bonds. The van der Waals surface area contributed by atoms with Crippen molar-refractivity contribution in [3.8, 4) is 0 Å². The van der Waals surface area contributed by atoms with E-state index in [1.165, 1.54) is 0 Å². The molecule has 15 heavy (non-hydrogen) atoms. The zero-order valence-electron chi connectivity index (χ0n) is 8.74. The van der Waals surface area contributed by atoms with E-state index < -0.39 is 5.60 Å². The smallest absolute Gasteiger partial charge is 0.113 e. The van der Waals surface area contributed by atoms with Gasteiger partial charge in [-0.05, 0) is 37.5 Å². The van der Waals surface area contributed by atoms with Crippen molar-refractivity contribution in [1.29, 1.82) is 0 Å². The van der Waals surface area contributed by atoms with Crippen molar-refractivity contribution in [2.24, 2.45) is 0 Å². The van der Waals surface area contributed by atoms with Crippen molar-refractivity contribution in [2.45, 2.75) is 31.5 Å². The predicted octanol–water partition coefficient (Wildman–Crippen LogP) is 2.73. The van der Waals surface area contributed by atoms with E-state index in [9.17, 15) is 5.11 Å². The maximum atomic E-state index is 10.4. The summed E-state index contributed by atoms with van der Waals surface area (Å²) in [5, 5.41) is 11.1. The normalized spacial score (nSPS) is 25.1. The van der Waals surface area contributed by atoms with E-state index in [4.69, 9.17) is 16.3 Å².